The number of nitrogens with one attached hydrogen (secondary N) is 2. The highest BCUT2D eigenvalue weighted by Crippen LogP contribution is 2.30. The second-order valence-corrected chi connectivity index (χ2v) is 4.35. The van der Waals surface area contributed by atoms with Gasteiger partial charge in [-0.25, -0.2) is 0 Å². The molecule has 0 bridgehead atoms. The van der Waals surface area contributed by atoms with E-state index in [1.807, 2.05) is 24.3 Å². The fourth-order valence-corrected chi connectivity index (χ4v) is 1.79. The summed E-state index contributed by atoms with van der Waals surface area (Å²) in [6.45, 7) is 0. The van der Waals surface area contributed by atoms with Crippen molar-refractivity contribution < 1.29 is 5.11 Å². The molecule has 0 saturated heterocycles. The van der Waals surface area contributed by atoms with Gasteiger partial charge in [-0.05, 0) is 18.2 Å². The SMILES string of the molecule is CN(C)C(=N)/C(C#N)=C/c1[nH]c2ccccc2c1O. The maximum Gasteiger partial charge on any atom is 0.148 e. The highest BCUT2D eigenvalue weighted by Gasteiger charge is 2.12. The molecule has 5 nitrogen and oxygen atoms in total. The first-order valence-electron chi connectivity index (χ1n) is 5.72. The fourth-order valence-electron chi connectivity index (χ4n) is 1.79. The largest absolute Gasteiger partial charge is 0.505 e. The predicted molar refractivity (Wildman–Crippen MR) is 75.0 cm³/mol. The molecular formula is C14H14N4O. The van der Waals surface area contributed by atoms with Crippen molar-refractivity contribution in [2.45, 2.75) is 0 Å². The van der Waals surface area contributed by atoms with E-state index in [0.717, 1.165) is 5.52 Å². The molecule has 2 aromatic rings. The number of nitriles is 1. The van der Waals surface area contributed by atoms with Crippen molar-refractivity contribution in [1.29, 1.82) is 10.7 Å². The number of fused-ring (bicyclic) bond motifs is 1. The molecule has 0 unspecified atom stereocenters. The summed E-state index contributed by atoms with van der Waals surface area (Å²) in [5, 5.41) is 27.7. The number of benzene rings is 1. The summed E-state index contributed by atoms with van der Waals surface area (Å²) in [6, 6.07) is 9.29. The lowest BCUT2D eigenvalue weighted by molar-refractivity contribution is 0.480. The maximum absolute atomic E-state index is 10.1. The molecule has 0 amide bonds. The predicted octanol–water partition coefficient (Wildman–Crippen LogP) is 2.32. The number of hydrogen-bond donors (Lipinski definition) is 3. The number of nitrogens with zero attached hydrogens (tertiary/aromatic N) is 2. The van der Waals surface area contributed by atoms with E-state index in [0.29, 0.717) is 11.1 Å². The molecule has 0 aliphatic rings. The number of aromatic amines is 1. The minimum absolute atomic E-state index is 0.0925. The number of aromatic hydroxyl groups is 1. The average molecular weight is 254 g/mol. The summed E-state index contributed by atoms with van der Waals surface area (Å²) < 4.78 is 0. The Balaban J connectivity index is 2.53. The Morgan fingerprint density at radius 2 is 2.11 bits per heavy atom. The van der Waals surface area contributed by atoms with E-state index in [9.17, 15) is 5.11 Å². The normalized spacial score (nSPS) is 11.3. The van der Waals surface area contributed by atoms with Crippen LogP contribution in [0.2, 0.25) is 0 Å². The quantitative estimate of drug-likeness (QED) is 0.436. The third-order valence-electron chi connectivity index (χ3n) is 2.82. The van der Waals surface area contributed by atoms with E-state index in [2.05, 4.69) is 4.98 Å². The Hall–Kier alpha value is -2.74. The smallest absolute Gasteiger partial charge is 0.148 e. The highest BCUT2D eigenvalue weighted by atomic mass is 16.3. The van der Waals surface area contributed by atoms with Crippen LogP contribution in [0.4, 0.5) is 0 Å². The van der Waals surface area contributed by atoms with Crippen LogP contribution in [0.25, 0.3) is 17.0 Å². The highest BCUT2D eigenvalue weighted by molar-refractivity contribution is 6.04. The minimum Gasteiger partial charge on any atom is -0.505 e. The third kappa shape index (κ3) is 2.29. The van der Waals surface area contributed by atoms with Crippen LogP contribution in [0.3, 0.4) is 0 Å². The van der Waals surface area contributed by atoms with Crippen molar-refractivity contribution in [3.05, 3.63) is 35.5 Å². The van der Waals surface area contributed by atoms with Gasteiger partial charge in [-0.2, -0.15) is 5.26 Å². The van der Waals surface area contributed by atoms with Crippen molar-refractivity contribution >= 4 is 22.8 Å². The zero-order valence-electron chi connectivity index (χ0n) is 10.7. The topological polar surface area (TPSA) is 86.9 Å². The molecule has 0 spiro atoms. The van der Waals surface area contributed by atoms with Crippen molar-refractivity contribution in [2.24, 2.45) is 0 Å². The number of likely N-dealkylation sites (N-methyl/N-ethyl adjacent to an activating group) is 1. The zero-order valence-corrected chi connectivity index (χ0v) is 10.7. The van der Waals surface area contributed by atoms with Crippen LogP contribution in [0.1, 0.15) is 5.69 Å². The fraction of sp³-hybridized carbons (Fsp3) is 0.143. The van der Waals surface area contributed by atoms with Crippen LogP contribution in [-0.4, -0.2) is 34.9 Å². The number of hydrogen-bond acceptors (Lipinski definition) is 3. The van der Waals surface area contributed by atoms with Crippen LogP contribution in [-0.2, 0) is 0 Å². The van der Waals surface area contributed by atoms with E-state index in [4.69, 9.17) is 10.7 Å². The first kappa shape index (κ1) is 12.7. The Morgan fingerprint density at radius 3 is 2.68 bits per heavy atom. The molecule has 0 saturated carbocycles. The van der Waals surface area contributed by atoms with Gasteiger partial charge in [0.25, 0.3) is 0 Å². The van der Waals surface area contributed by atoms with E-state index >= 15 is 0 Å². The molecule has 0 fully saturated rings. The molecule has 1 heterocycles. The summed E-state index contributed by atoms with van der Waals surface area (Å²) in [5.74, 6) is 0.190. The maximum atomic E-state index is 10.1. The van der Waals surface area contributed by atoms with Gasteiger partial charge in [-0.3, -0.25) is 5.41 Å². The van der Waals surface area contributed by atoms with Gasteiger partial charge in [0.1, 0.15) is 17.7 Å². The van der Waals surface area contributed by atoms with Gasteiger partial charge in [-0.15, -0.1) is 0 Å². The summed E-state index contributed by atoms with van der Waals surface area (Å²) in [7, 11) is 3.39. The first-order valence-corrected chi connectivity index (χ1v) is 5.72. The molecule has 0 aliphatic carbocycles. The summed E-state index contributed by atoms with van der Waals surface area (Å²) in [4.78, 5) is 4.57. The standard InChI is InChI=1S/C14H14N4O/c1-18(2)14(16)9(8-15)7-12-13(19)10-5-3-4-6-11(10)17-12/h3-7,16-17,19H,1-2H3/b9-7+,16-14?. The lowest BCUT2D eigenvalue weighted by atomic mass is 10.2. The molecule has 1 aromatic carbocycles. The molecule has 0 atom stereocenters. The Kier molecular flexibility index (Phi) is 3.25. The van der Waals surface area contributed by atoms with Gasteiger partial charge in [0.2, 0.25) is 0 Å². The molecule has 0 aliphatic heterocycles. The van der Waals surface area contributed by atoms with E-state index < -0.39 is 0 Å². The van der Waals surface area contributed by atoms with Gasteiger partial charge in [0, 0.05) is 25.0 Å². The number of para-hydroxylation sites is 1. The van der Waals surface area contributed by atoms with Gasteiger partial charge >= 0.3 is 0 Å². The first-order chi connectivity index (χ1) is 9.04. The van der Waals surface area contributed by atoms with Crippen LogP contribution in [0.15, 0.2) is 29.8 Å². The molecule has 19 heavy (non-hydrogen) atoms. The van der Waals surface area contributed by atoms with E-state index in [-0.39, 0.29) is 17.2 Å². The summed E-state index contributed by atoms with van der Waals surface area (Å²) >= 11 is 0. The molecule has 0 radical (unpaired) electrons. The number of amidine groups is 1. The van der Waals surface area contributed by atoms with Crippen molar-refractivity contribution in [3.8, 4) is 11.8 Å². The monoisotopic (exact) mass is 254 g/mol. The number of aromatic nitrogens is 1. The molecule has 2 rings (SSSR count). The number of rotatable bonds is 2. The van der Waals surface area contributed by atoms with Gasteiger partial charge in [0.05, 0.1) is 11.3 Å². The lowest BCUT2D eigenvalue weighted by Crippen LogP contribution is -2.22. The Morgan fingerprint density at radius 1 is 1.42 bits per heavy atom. The molecule has 3 N–H and O–H groups in total. The van der Waals surface area contributed by atoms with Crippen molar-refractivity contribution in [3.63, 3.8) is 0 Å². The Labute approximate surface area is 110 Å². The molecule has 96 valence electrons. The van der Waals surface area contributed by atoms with Crippen LogP contribution in [0, 0.1) is 16.7 Å². The summed E-state index contributed by atoms with van der Waals surface area (Å²) in [5.41, 5.74) is 1.41. The average Bonchev–Trinajstić information content (AvgIpc) is 2.72. The van der Waals surface area contributed by atoms with Crippen LogP contribution >= 0.6 is 0 Å². The molecule has 1 aromatic heterocycles. The van der Waals surface area contributed by atoms with Gasteiger partial charge in [-0.1, -0.05) is 12.1 Å². The van der Waals surface area contributed by atoms with Gasteiger partial charge in [0.15, 0.2) is 0 Å². The van der Waals surface area contributed by atoms with Gasteiger partial charge < -0.3 is 15.0 Å². The van der Waals surface area contributed by atoms with E-state index in [1.165, 1.54) is 11.0 Å². The number of H-pyrrole nitrogens is 1. The van der Waals surface area contributed by atoms with Crippen LogP contribution < -0.4 is 0 Å². The van der Waals surface area contributed by atoms with Crippen LogP contribution in [0.5, 0.6) is 5.75 Å². The zero-order chi connectivity index (χ0) is 14.0. The second-order valence-electron chi connectivity index (χ2n) is 4.35. The second kappa shape index (κ2) is 4.86. The molecular weight excluding hydrogens is 240 g/mol. The van der Waals surface area contributed by atoms with E-state index in [1.54, 1.807) is 20.2 Å². The summed E-state index contributed by atoms with van der Waals surface area (Å²) in [6.07, 6.45) is 1.48. The minimum atomic E-state index is 0.0925. The lowest BCUT2D eigenvalue weighted by Gasteiger charge is -2.11. The molecule has 5 heteroatoms. The third-order valence-corrected chi connectivity index (χ3v) is 2.82. The van der Waals surface area contributed by atoms with Crippen molar-refractivity contribution in [1.82, 2.24) is 9.88 Å². The Bertz CT molecular complexity index is 704. The van der Waals surface area contributed by atoms with Crippen molar-refractivity contribution in [2.75, 3.05) is 14.1 Å².